The Kier molecular flexibility index (Phi) is 5.49. The second kappa shape index (κ2) is 7.99. The average Bonchev–Trinajstić information content (AvgIpc) is 3.13. The maximum absolute atomic E-state index is 12.7. The van der Waals surface area contributed by atoms with Crippen molar-refractivity contribution in [2.75, 3.05) is 19.2 Å². The van der Waals surface area contributed by atoms with Crippen molar-refractivity contribution in [3.63, 3.8) is 0 Å². The fourth-order valence-corrected chi connectivity index (χ4v) is 2.70. The van der Waals surface area contributed by atoms with E-state index >= 15 is 0 Å². The quantitative estimate of drug-likeness (QED) is 0.817. The van der Waals surface area contributed by atoms with Crippen LogP contribution in [0.1, 0.15) is 24.2 Å². The molecule has 1 aliphatic heterocycles. The molecule has 0 fully saturated rings. The summed E-state index contributed by atoms with van der Waals surface area (Å²) in [5.41, 5.74) is 1.03. The molecule has 27 heavy (non-hydrogen) atoms. The molecule has 2 N–H and O–H groups in total. The smallest absolute Gasteiger partial charge is 0.251 e. The molecule has 0 saturated carbocycles. The number of benzene rings is 2. The van der Waals surface area contributed by atoms with E-state index < -0.39 is 6.04 Å². The minimum absolute atomic E-state index is 0.0961. The second-order valence-corrected chi connectivity index (χ2v) is 6.48. The first kappa shape index (κ1) is 18.6. The Balaban J connectivity index is 1.68. The summed E-state index contributed by atoms with van der Waals surface area (Å²) in [5, 5.41) is 5.61. The van der Waals surface area contributed by atoms with Gasteiger partial charge in [0.05, 0.1) is 7.11 Å². The van der Waals surface area contributed by atoms with Gasteiger partial charge >= 0.3 is 0 Å². The molecular weight excluding hydrogens is 348 g/mol. The summed E-state index contributed by atoms with van der Waals surface area (Å²) >= 11 is 0. The van der Waals surface area contributed by atoms with E-state index in [1.807, 2.05) is 13.8 Å². The van der Waals surface area contributed by atoms with E-state index in [1.165, 1.54) is 0 Å². The number of carbonyl (C=O) groups excluding carboxylic acids is 2. The van der Waals surface area contributed by atoms with Crippen LogP contribution in [0.2, 0.25) is 0 Å². The molecule has 0 aromatic heterocycles. The van der Waals surface area contributed by atoms with Gasteiger partial charge in [-0.15, -0.1) is 0 Å². The van der Waals surface area contributed by atoms with E-state index in [2.05, 4.69) is 10.6 Å². The number of amides is 2. The lowest BCUT2D eigenvalue weighted by molar-refractivity contribution is -0.118. The highest BCUT2D eigenvalue weighted by molar-refractivity contribution is 6.01. The zero-order valence-electron chi connectivity index (χ0n) is 15.4. The van der Waals surface area contributed by atoms with Crippen LogP contribution in [0.4, 0.5) is 5.69 Å². The average molecular weight is 370 g/mol. The van der Waals surface area contributed by atoms with Crippen LogP contribution >= 0.6 is 0 Å². The number of methoxy groups -OCH3 is 1. The summed E-state index contributed by atoms with van der Waals surface area (Å²) in [6, 6.07) is 11.2. The van der Waals surface area contributed by atoms with Crippen LogP contribution < -0.4 is 24.8 Å². The standard InChI is InChI=1S/C20H22N2O5/c1-12(2)18(22-19(23)13-4-7-15(25-3)8-5-13)20(24)21-14-6-9-16-17(10-14)27-11-26-16/h4-10,12,18H,11H2,1-3H3,(H,21,24)(H,22,23). The minimum atomic E-state index is -0.690. The molecular formula is C20H22N2O5. The second-order valence-electron chi connectivity index (χ2n) is 6.48. The van der Waals surface area contributed by atoms with Crippen molar-refractivity contribution in [1.29, 1.82) is 0 Å². The van der Waals surface area contributed by atoms with Gasteiger partial charge in [-0.1, -0.05) is 13.8 Å². The van der Waals surface area contributed by atoms with Crippen molar-refractivity contribution in [2.45, 2.75) is 19.9 Å². The number of carbonyl (C=O) groups is 2. The third-order valence-electron chi connectivity index (χ3n) is 4.23. The van der Waals surface area contributed by atoms with Crippen LogP contribution in [0.5, 0.6) is 17.2 Å². The molecule has 0 spiro atoms. The van der Waals surface area contributed by atoms with Crippen molar-refractivity contribution >= 4 is 17.5 Å². The predicted octanol–water partition coefficient (Wildman–Crippen LogP) is 2.82. The Morgan fingerprint density at radius 3 is 2.41 bits per heavy atom. The van der Waals surface area contributed by atoms with E-state index in [0.29, 0.717) is 28.5 Å². The fourth-order valence-electron chi connectivity index (χ4n) is 2.70. The maximum Gasteiger partial charge on any atom is 0.251 e. The SMILES string of the molecule is COc1ccc(C(=O)NC(C(=O)Nc2ccc3c(c2)OCO3)C(C)C)cc1. The summed E-state index contributed by atoms with van der Waals surface area (Å²) in [6.07, 6.45) is 0. The van der Waals surface area contributed by atoms with E-state index in [-0.39, 0.29) is 24.5 Å². The molecule has 2 amide bonds. The van der Waals surface area contributed by atoms with E-state index in [1.54, 1.807) is 49.6 Å². The molecule has 7 nitrogen and oxygen atoms in total. The largest absolute Gasteiger partial charge is 0.497 e. The van der Waals surface area contributed by atoms with Gasteiger partial charge in [0.1, 0.15) is 11.8 Å². The van der Waals surface area contributed by atoms with Gasteiger partial charge in [0.15, 0.2) is 11.5 Å². The van der Waals surface area contributed by atoms with Gasteiger partial charge in [-0.05, 0) is 42.3 Å². The molecule has 2 aromatic carbocycles. The molecule has 142 valence electrons. The van der Waals surface area contributed by atoms with Crippen molar-refractivity contribution in [2.24, 2.45) is 5.92 Å². The topological polar surface area (TPSA) is 85.9 Å². The number of fused-ring (bicyclic) bond motifs is 1. The number of anilines is 1. The van der Waals surface area contributed by atoms with Gasteiger partial charge in [-0.25, -0.2) is 0 Å². The molecule has 3 rings (SSSR count). The number of hydrogen-bond donors (Lipinski definition) is 2. The van der Waals surface area contributed by atoms with Gasteiger partial charge in [0.25, 0.3) is 5.91 Å². The Morgan fingerprint density at radius 1 is 1.04 bits per heavy atom. The molecule has 0 bridgehead atoms. The molecule has 1 heterocycles. The van der Waals surface area contributed by atoms with Crippen LogP contribution in [0.15, 0.2) is 42.5 Å². The molecule has 1 aliphatic rings. The fraction of sp³-hybridized carbons (Fsp3) is 0.300. The van der Waals surface area contributed by atoms with E-state index in [4.69, 9.17) is 14.2 Å². The zero-order valence-corrected chi connectivity index (χ0v) is 15.4. The van der Waals surface area contributed by atoms with Gasteiger partial charge in [0, 0.05) is 17.3 Å². The highest BCUT2D eigenvalue weighted by Gasteiger charge is 2.25. The summed E-state index contributed by atoms with van der Waals surface area (Å²) in [4.78, 5) is 25.2. The first-order valence-electron chi connectivity index (χ1n) is 8.63. The molecule has 1 unspecified atom stereocenters. The minimum Gasteiger partial charge on any atom is -0.497 e. The lowest BCUT2D eigenvalue weighted by atomic mass is 10.0. The summed E-state index contributed by atoms with van der Waals surface area (Å²) < 4.78 is 15.7. The third kappa shape index (κ3) is 4.31. The number of ether oxygens (including phenoxy) is 3. The summed E-state index contributed by atoms with van der Waals surface area (Å²) in [6.45, 7) is 3.91. The first-order valence-corrected chi connectivity index (χ1v) is 8.63. The maximum atomic E-state index is 12.7. The summed E-state index contributed by atoms with van der Waals surface area (Å²) in [5.74, 6) is 1.16. The Labute approximate surface area is 157 Å². The van der Waals surface area contributed by atoms with Crippen molar-refractivity contribution in [3.05, 3.63) is 48.0 Å². The molecule has 7 heteroatoms. The predicted molar refractivity (Wildman–Crippen MR) is 100 cm³/mol. The molecule has 0 aliphatic carbocycles. The van der Waals surface area contributed by atoms with Crippen LogP contribution in [-0.2, 0) is 4.79 Å². The van der Waals surface area contributed by atoms with Gasteiger partial charge in [0.2, 0.25) is 12.7 Å². The van der Waals surface area contributed by atoms with Crippen molar-refractivity contribution in [3.8, 4) is 17.2 Å². The highest BCUT2D eigenvalue weighted by Crippen LogP contribution is 2.34. The number of hydrogen-bond acceptors (Lipinski definition) is 5. The molecule has 2 aromatic rings. The lowest BCUT2D eigenvalue weighted by Gasteiger charge is -2.22. The Hall–Kier alpha value is -3.22. The van der Waals surface area contributed by atoms with E-state index in [9.17, 15) is 9.59 Å². The Bertz CT molecular complexity index is 833. The highest BCUT2D eigenvalue weighted by atomic mass is 16.7. The van der Waals surface area contributed by atoms with Gasteiger partial charge in [-0.2, -0.15) is 0 Å². The third-order valence-corrected chi connectivity index (χ3v) is 4.23. The monoisotopic (exact) mass is 370 g/mol. The van der Waals surface area contributed by atoms with Crippen LogP contribution in [0.25, 0.3) is 0 Å². The van der Waals surface area contributed by atoms with Crippen molar-refractivity contribution in [1.82, 2.24) is 5.32 Å². The van der Waals surface area contributed by atoms with Crippen LogP contribution in [-0.4, -0.2) is 31.8 Å². The Morgan fingerprint density at radius 2 is 1.74 bits per heavy atom. The zero-order chi connectivity index (χ0) is 19.4. The van der Waals surface area contributed by atoms with E-state index in [0.717, 1.165) is 0 Å². The van der Waals surface area contributed by atoms with Gasteiger partial charge in [-0.3, -0.25) is 9.59 Å². The van der Waals surface area contributed by atoms with Crippen LogP contribution in [0, 0.1) is 5.92 Å². The summed E-state index contributed by atoms with van der Waals surface area (Å²) in [7, 11) is 1.56. The van der Waals surface area contributed by atoms with Crippen LogP contribution in [0.3, 0.4) is 0 Å². The van der Waals surface area contributed by atoms with Gasteiger partial charge < -0.3 is 24.8 Å². The molecule has 0 radical (unpaired) electrons. The first-order chi connectivity index (χ1) is 13.0. The normalized spacial score (nSPS) is 13.2. The number of rotatable bonds is 6. The molecule has 1 atom stereocenters. The number of nitrogens with one attached hydrogen (secondary N) is 2. The lowest BCUT2D eigenvalue weighted by Crippen LogP contribution is -2.47. The van der Waals surface area contributed by atoms with Crippen molar-refractivity contribution < 1.29 is 23.8 Å². The molecule has 0 saturated heterocycles.